The molecule has 0 aliphatic heterocycles. The molecule has 0 saturated heterocycles. The van der Waals surface area contributed by atoms with Gasteiger partial charge in [0.15, 0.2) is 0 Å². The number of carbonyl (C=O) groups is 8. The molecule has 0 aliphatic rings. The third-order valence-corrected chi connectivity index (χ3v) is 10.8. The molecule has 0 aliphatic carbocycles. The van der Waals surface area contributed by atoms with Gasteiger partial charge in [-0.15, -0.1) is 0 Å². The third-order valence-electron chi connectivity index (χ3n) is 10.8. The van der Waals surface area contributed by atoms with Gasteiger partial charge in [-0.25, -0.2) is 0 Å². The second-order valence-corrected chi connectivity index (χ2v) is 17.6. The number of hydrogen-bond donors (Lipinski definition) is 5. The minimum atomic E-state index is -1.15. The first-order valence-corrected chi connectivity index (χ1v) is 21.1. The maximum atomic E-state index is 14.3. The molecule has 7 atom stereocenters. The quantitative estimate of drug-likeness (QED) is 0.0870. The van der Waals surface area contributed by atoms with Gasteiger partial charge in [-0.05, 0) is 64.7 Å². The molecule has 346 valence electrons. The number of likely N-dealkylation sites (N-methyl/N-ethyl adjacent to an activating group) is 5. The molecular formula is C42H79N9O9. The molecule has 8 amide bonds. The number of rotatable bonds is 25. The Labute approximate surface area is 359 Å². The molecule has 0 aromatic carbocycles. The van der Waals surface area contributed by atoms with Crippen molar-refractivity contribution in [2.75, 3.05) is 48.9 Å². The fraction of sp³-hybridized carbons (Fsp3) is 0.810. The van der Waals surface area contributed by atoms with Crippen molar-refractivity contribution in [2.45, 2.75) is 156 Å². The Hall–Kier alpha value is -4.32. The van der Waals surface area contributed by atoms with E-state index in [-0.39, 0.29) is 49.5 Å². The maximum absolute atomic E-state index is 14.3. The van der Waals surface area contributed by atoms with Crippen molar-refractivity contribution >= 4 is 47.3 Å². The van der Waals surface area contributed by atoms with Gasteiger partial charge in [0, 0.05) is 61.7 Å². The Morgan fingerprint density at radius 1 is 0.600 bits per heavy atom. The van der Waals surface area contributed by atoms with Gasteiger partial charge >= 0.3 is 0 Å². The van der Waals surface area contributed by atoms with Crippen LogP contribution in [0.3, 0.4) is 0 Å². The van der Waals surface area contributed by atoms with E-state index in [1.54, 1.807) is 27.7 Å². The molecule has 0 fully saturated rings. The topological polar surface area (TPSA) is 233 Å². The Morgan fingerprint density at radius 3 is 1.48 bits per heavy atom. The number of nitrogens with two attached hydrogens (primary N) is 1. The van der Waals surface area contributed by atoms with Gasteiger partial charge in [-0.3, -0.25) is 38.4 Å². The molecule has 0 aromatic heterocycles. The van der Waals surface area contributed by atoms with E-state index in [1.807, 2.05) is 34.6 Å². The van der Waals surface area contributed by atoms with Crippen LogP contribution in [0.15, 0.2) is 0 Å². The third kappa shape index (κ3) is 16.6. The minimum absolute atomic E-state index is 0.0295. The molecule has 0 heterocycles. The number of ether oxygens (including phenoxy) is 1. The van der Waals surface area contributed by atoms with Gasteiger partial charge in [0.1, 0.15) is 42.3 Å². The van der Waals surface area contributed by atoms with Crippen LogP contribution < -0.4 is 27.0 Å². The van der Waals surface area contributed by atoms with Crippen molar-refractivity contribution in [1.29, 1.82) is 0 Å². The first kappa shape index (κ1) is 55.7. The molecule has 0 unspecified atom stereocenters. The summed E-state index contributed by atoms with van der Waals surface area (Å²) in [5.74, 6) is -4.56. The van der Waals surface area contributed by atoms with Crippen LogP contribution in [0, 0.1) is 17.8 Å². The number of nitrogens with one attached hydrogen (secondary N) is 4. The standard InChI is InChI=1S/C42H79N9O9/c1-18-19-33(52)48(13)32(23-43)40(58)51(16)31(22-42(10,11)60-17)38(56)47-34(26(6)7)41(59)50(15)30(21-25(4)5)37(55)45-27(8)35(53)46-28(9)39(57)49(14)29(20-24(2)3)36(54)44-12/h24-32,34H,18-23,43H2,1-17H3,(H,44,54)(H,45,55)(H,46,53)(H,47,56)/t27-,28-,29+,30+,31+,32-,34+/m1/s1. The van der Waals surface area contributed by atoms with Crippen LogP contribution in [0.25, 0.3) is 0 Å². The average Bonchev–Trinajstić information content (AvgIpc) is 3.17. The van der Waals surface area contributed by atoms with E-state index in [0.29, 0.717) is 12.8 Å². The highest BCUT2D eigenvalue weighted by atomic mass is 16.5. The number of amides is 8. The Morgan fingerprint density at radius 2 is 1.05 bits per heavy atom. The second kappa shape index (κ2) is 25.5. The predicted octanol–water partition coefficient (Wildman–Crippen LogP) is 0.857. The lowest BCUT2D eigenvalue weighted by Gasteiger charge is -2.38. The van der Waals surface area contributed by atoms with Crippen molar-refractivity contribution in [3.05, 3.63) is 0 Å². The van der Waals surface area contributed by atoms with Gasteiger partial charge in [0.05, 0.1) is 5.60 Å². The summed E-state index contributed by atoms with van der Waals surface area (Å²) in [4.78, 5) is 113. The summed E-state index contributed by atoms with van der Waals surface area (Å²) in [5, 5.41) is 10.7. The normalized spacial score (nSPS) is 15.2. The summed E-state index contributed by atoms with van der Waals surface area (Å²) >= 11 is 0. The van der Waals surface area contributed by atoms with Gasteiger partial charge in [0.2, 0.25) is 47.3 Å². The molecule has 0 aromatic rings. The maximum Gasteiger partial charge on any atom is 0.247 e. The van der Waals surface area contributed by atoms with Crippen molar-refractivity contribution < 1.29 is 43.1 Å². The van der Waals surface area contributed by atoms with E-state index in [4.69, 9.17) is 10.5 Å². The molecule has 6 N–H and O–H groups in total. The lowest BCUT2D eigenvalue weighted by Crippen LogP contribution is -2.62. The summed E-state index contributed by atoms with van der Waals surface area (Å²) < 4.78 is 5.62. The predicted molar refractivity (Wildman–Crippen MR) is 231 cm³/mol. The van der Waals surface area contributed by atoms with Gasteiger partial charge in [-0.2, -0.15) is 0 Å². The van der Waals surface area contributed by atoms with Crippen LogP contribution in [0.2, 0.25) is 0 Å². The Balaban J connectivity index is 6.40. The number of nitrogens with zero attached hydrogens (tertiary/aromatic N) is 4. The summed E-state index contributed by atoms with van der Waals surface area (Å²) in [7, 11) is 8.87. The first-order valence-electron chi connectivity index (χ1n) is 21.1. The second-order valence-electron chi connectivity index (χ2n) is 17.6. The fourth-order valence-corrected chi connectivity index (χ4v) is 6.64. The number of carbonyl (C=O) groups excluding carboxylic acids is 8. The average molecular weight is 854 g/mol. The van der Waals surface area contributed by atoms with E-state index in [9.17, 15) is 38.4 Å². The van der Waals surface area contributed by atoms with Crippen LogP contribution in [0.5, 0.6) is 0 Å². The number of hydrogen-bond acceptors (Lipinski definition) is 10. The molecule has 0 saturated carbocycles. The lowest BCUT2D eigenvalue weighted by molar-refractivity contribution is -0.150. The zero-order chi connectivity index (χ0) is 47.0. The summed E-state index contributed by atoms with van der Waals surface area (Å²) in [6.07, 6.45) is 1.45. The minimum Gasteiger partial charge on any atom is -0.379 e. The van der Waals surface area contributed by atoms with Crippen molar-refractivity contribution in [2.24, 2.45) is 23.5 Å². The highest BCUT2D eigenvalue weighted by molar-refractivity contribution is 5.97. The lowest BCUT2D eigenvalue weighted by atomic mass is 9.94. The molecule has 0 spiro atoms. The largest absolute Gasteiger partial charge is 0.379 e. The van der Waals surface area contributed by atoms with Crippen LogP contribution in [-0.4, -0.2) is 164 Å². The molecule has 0 rings (SSSR count). The summed E-state index contributed by atoms with van der Waals surface area (Å²) in [6, 6.07) is -7.27. The molecule has 0 radical (unpaired) electrons. The molecule has 60 heavy (non-hydrogen) atoms. The van der Waals surface area contributed by atoms with Crippen LogP contribution in [0.1, 0.15) is 108 Å². The molecule has 0 bridgehead atoms. The van der Waals surface area contributed by atoms with Crippen molar-refractivity contribution in [3.8, 4) is 0 Å². The molecule has 18 heteroatoms. The first-order chi connectivity index (χ1) is 27.6. The van der Waals surface area contributed by atoms with E-state index in [2.05, 4.69) is 21.3 Å². The van der Waals surface area contributed by atoms with Crippen LogP contribution >= 0.6 is 0 Å². The SMILES string of the molecule is CCCC(=O)N(C)[C@H](CN)C(=O)N(C)[C@@H](CC(C)(C)OC)C(=O)N[C@H](C(=O)N(C)[C@@H](CC(C)C)C(=O)N[C@H](C)C(=O)N[C@H](C)C(=O)N(C)[C@@H](CC(C)C)C(=O)NC)C(C)C. The van der Waals surface area contributed by atoms with Gasteiger partial charge in [-0.1, -0.05) is 48.5 Å². The highest BCUT2D eigenvalue weighted by Crippen LogP contribution is 2.22. The zero-order valence-electron chi connectivity index (χ0n) is 39.6. The monoisotopic (exact) mass is 854 g/mol. The highest BCUT2D eigenvalue weighted by Gasteiger charge is 2.41. The smallest absolute Gasteiger partial charge is 0.247 e. The Kier molecular flexibility index (Phi) is 23.6. The van der Waals surface area contributed by atoms with E-state index in [1.165, 1.54) is 75.8 Å². The van der Waals surface area contributed by atoms with Crippen molar-refractivity contribution in [3.63, 3.8) is 0 Å². The molecular weight excluding hydrogens is 775 g/mol. The van der Waals surface area contributed by atoms with E-state index >= 15 is 0 Å². The molecule has 18 nitrogen and oxygen atoms in total. The van der Waals surface area contributed by atoms with Gasteiger partial charge in [0.25, 0.3) is 0 Å². The van der Waals surface area contributed by atoms with Crippen LogP contribution in [-0.2, 0) is 43.1 Å². The van der Waals surface area contributed by atoms with Crippen molar-refractivity contribution in [1.82, 2.24) is 40.9 Å². The summed E-state index contributed by atoms with van der Waals surface area (Å²) in [5.41, 5.74) is 5.09. The zero-order valence-corrected chi connectivity index (χ0v) is 39.6. The Bertz CT molecular complexity index is 1470. The summed E-state index contributed by atoms with van der Waals surface area (Å²) in [6.45, 7) is 19.2. The van der Waals surface area contributed by atoms with E-state index < -0.39 is 89.3 Å². The number of methoxy groups -OCH3 is 1. The fourth-order valence-electron chi connectivity index (χ4n) is 6.64. The van der Waals surface area contributed by atoms with Crippen LogP contribution in [0.4, 0.5) is 0 Å². The van der Waals surface area contributed by atoms with Gasteiger partial charge < -0.3 is 51.3 Å². The van der Waals surface area contributed by atoms with E-state index in [0.717, 1.165) is 0 Å².